The Morgan fingerprint density at radius 2 is 1.96 bits per heavy atom. The third-order valence-corrected chi connectivity index (χ3v) is 4.83. The van der Waals surface area contributed by atoms with E-state index in [1.54, 1.807) is 0 Å². The van der Waals surface area contributed by atoms with Gasteiger partial charge in [-0.15, -0.1) is 0 Å². The normalized spacial score (nSPS) is 10.8. The van der Waals surface area contributed by atoms with Gasteiger partial charge in [0.15, 0.2) is 5.13 Å². The van der Waals surface area contributed by atoms with E-state index < -0.39 is 0 Å². The summed E-state index contributed by atoms with van der Waals surface area (Å²) in [5, 5.41) is 3.55. The van der Waals surface area contributed by atoms with Crippen molar-refractivity contribution in [1.82, 2.24) is 4.98 Å². The first-order chi connectivity index (χ1) is 11.6. The Kier molecular flexibility index (Phi) is 5.11. The van der Waals surface area contributed by atoms with Crippen LogP contribution in [0.1, 0.15) is 24.0 Å². The maximum atomic E-state index is 12.1. The zero-order chi connectivity index (χ0) is 16.9. The molecule has 1 N–H and O–H groups in total. The number of thiazole rings is 1. The highest BCUT2D eigenvalue weighted by molar-refractivity contribution is 7.22. The highest BCUT2D eigenvalue weighted by atomic mass is 32.1. The first-order valence-corrected chi connectivity index (χ1v) is 8.79. The number of anilines is 1. The molecule has 5 heteroatoms. The van der Waals surface area contributed by atoms with E-state index in [0.29, 0.717) is 24.6 Å². The average Bonchev–Trinajstić information content (AvgIpc) is 2.99. The number of para-hydroxylation sites is 1. The van der Waals surface area contributed by atoms with E-state index in [1.165, 1.54) is 22.5 Å². The van der Waals surface area contributed by atoms with E-state index in [4.69, 9.17) is 4.74 Å². The Hall–Kier alpha value is -2.40. The van der Waals surface area contributed by atoms with Crippen molar-refractivity contribution in [2.75, 3.05) is 11.9 Å². The molecule has 2 aromatic carbocycles. The first-order valence-electron chi connectivity index (χ1n) is 7.98. The van der Waals surface area contributed by atoms with Crippen LogP contribution in [-0.4, -0.2) is 17.5 Å². The number of carbonyl (C=O) groups is 1. The van der Waals surface area contributed by atoms with Crippen molar-refractivity contribution in [1.29, 1.82) is 0 Å². The highest BCUT2D eigenvalue weighted by Crippen LogP contribution is 2.29. The lowest BCUT2D eigenvalue weighted by atomic mass is 10.1. The van der Waals surface area contributed by atoms with Gasteiger partial charge in [-0.2, -0.15) is 0 Å². The summed E-state index contributed by atoms with van der Waals surface area (Å²) in [5.74, 6) is 0.801. The van der Waals surface area contributed by atoms with Crippen molar-refractivity contribution in [3.05, 3.63) is 53.6 Å². The van der Waals surface area contributed by atoms with Crippen LogP contribution < -0.4 is 10.1 Å². The zero-order valence-electron chi connectivity index (χ0n) is 13.8. The van der Waals surface area contributed by atoms with Gasteiger partial charge >= 0.3 is 0 Å². The van der Waals surface area contributed by atoms with Crippen LogP contribution in [-0.2, 0) is 4.79 Å². The standard InChI is InChI=1S/C19H20N2O2S/c1-13-10-11-16-18(14(13)2)21-19(24-16)20-17(22)9-6-12-23-15-7-4-3-5-8-15/h3-5,7-8,10-11H,6,9,12H2,1-2H3,(H,20,21,22). The average molecular weight is 340 g/mol. The summed E-state index contributed by atoms with van der Waals surface area (Å²) < 4.78 is 6.69. The summed E-state index contributed by atoms with van der Waals surface area (Å²) in [6, 6.07) is 13.8. The second-order valence-electron chi connectivity index (χ2n) is 5.69. The predicted molar refractivity (Wildman–Crippen MR) is 98.9 cm³/mol. The van der Waals surface area contributed by atoms with Gasteiger partial charge in [0, 0.05) is 6.42 Å². The van der Waals surface area contributed by atoms with Gasteiger partial charge in [0.1, 0.15) is 5.75 Å². The molecule has 0 fully saturated rings. The minimum Gasteiger partial charge on any atom is -0.494 e. The van der Waals surface area contributed by atoms with Crippen molar-refractivity contribution in [2.24, 2.45) is 0 Å². The molecule has 0 saturated carbocycles. The number of rotatable bonds is 6. The lowest BCUT2D eigenvalue weighted by Gasteiger charge is -2.05. The Morgan fingerprint density at radius 1 is 1.17 bits per heavy atom. The highest BCUT2D eigenvalue weighted by Gasteiger charge is 2.10. The third kappa shape index (κ3) is 3.92. The summed E-state index contributed by atoms with van der Waals surface area (Å²) in [4.78, 5) is 16.6. The number of hydrogen-bond donors (Lipinski definition) is 1. The summed E-state index contributed by atoms with van der Waals surface area (Å²) in [6.45, 7) is 4.65. The van der Waals surface area contributed by atoms with Gasteiger partial charge in [-0.25, -0.2) is 4.98 Å². The number of benzene rings is 2. The Bertz CT molecular complexity index is 843. The minimum atomic E-state index is -0.0277. The summed E-state index contributed by atoms with van der Waals surface area (Å²) >= 11 is 1.51. The van der Waals surface area contributed by atoms with Crippen molar-refractivity contribution < 1.29 is 9.53 Å². The van der Waals surface area contributed by atoms with Gasteiger partial charge in [-0.3, -0.25) is 4.79 Å². The molecule has 1 aromatic heterocycles. The molecule has 0 saturated heterocycles. The fourth-order valence-corrected chi connectivity index (χ4v) is 3.34. The molecule has 0 spiro atoms. The van der Waals surface area contributed by atoms with E-state index in [2.05, 4.69) is 36.3 Å². The number of nitrogens with one attached hydrogen (secondary N) is 1. The fourth-order valence-electron chi connectivity index (χ4n) is 2.40. The van der Waals surface area contributed by atoms with Crippen LogP contribution >= 0.6 is 11.3 Å². The second kappa shape index (κ2) is 7.45. The number of aryl methyl sites for hydroxylation is 2. The molecule has 0 aliphatic rings. The fraction of sp³-hybridized carbons (Fsp3) is 0.263. The molecular formula is C19H20N2O2S. The van der Waals surface area contributed by atoms with Gasteiger partial charge in [-0.05, 0) is 49.6 Å². The predicted octanol–water partition coefficient (Wildman–Crippen LogP) is 4.71. The van der Waals surface area contributed by atoms with E-state index in [0.717, 1.165) is 16.0 Å². The Balaban J connectivity index is 1.51. The monoisotopic (exact) mass is 340 g/mol. The summed E-state index contributed by atoms with van der Waals surface area (Å²) in [7, 11) is 0. The Labute approximate surface area is 145 Å². The number of ether oxygens (including phenoxy) is 1. The number of amides is 1. The van der Waals surface area contributed by atoms with Crippen molar-refractivity contribution in [3.63, 3.8) is 0 Å². The molecule has 0 unspecified atom stereocenters. The smallest absolute Gasteiger partial charge is 0.226 e. The molecule has 0 aliphatic heterocycles. The Morgan fingerprint density at radius 3 is 2.75 bits per heavy atom. The number of nitrogens with zero attached hydrogens (tertiary/aromatic N) is 1. The van der Waals surface area contributed by atoms with E-state index in [9.17, 15) is 4.79 Å². The van der Waals surface area contributed by atoms with Crippen molar-refractivity contribution >= 4 is 32.6 Å². The summed E-state index contributed by atoms with van der Waals surface area (Å²) in [5.41, 5.74) is 3.35. The van der Waals surface area contributed by atoms with Gasteiger partial charge in [0.05, 0.1) is 16.8 Å². The molecule has 0 bridgehead atoms. The van der Waals surface area contributed by atoms with Crippen LogP contribution in [0.25, 0.3) is 10.2 Å². The molecule has 24 heavy (non-hydrogen) atoms. The van der Waals surface area contributed by atoms with Crippen LogP contribution in [0.4, 0.5) is 5.13 Å². The molecule has 4 nitrogen and oxygen atoms in total. The van der Waals surface area contributed by atoms with E-state index in [-0.39, 0.29) is 5.91 Å². The molecule has 124 valence electrons. The first kappa shape index (κ1) is 16.5. The number of carbonyl (C=O) groups excluding carboxylic acids is 1. The number of fused-ring (bicyclic) bond motifs is 1. The molecule has 1 amide bonds. The van der Waals surface area contributed by atoms with Gasteiger partial charge in [-0.1, -0.05) is 35.6 Å². The maximum absolute atomic E-state index is 12.1. The van der Waals surface area contributed by atoms with Crippen LogP contribution in [0.3, 0.4) is 0 Å². The van der Waals surface area contributed by atoms with Gasteiger partial charge in [0.25, 0.3) is 0 Å². The second-order valence-corrected chi connectivity index (χ2v) is 6.72. The summed E-state index contributed by atoms with van der Waals surface area (Å²) in [6.07, 6.45) is 1.09. The minimum absolute atomic E-state index is 0.0277. The SMILES string of the molecule is Cc1ccc2sc(NC(=O)CCCOc3ccccc3)nc2c1C. The van der Waals surface area contributed by atoms with Crippen molar-refractivity contribution in [2.45, 2.75) is 26.7 Å². The quantitative estimate of drug-likeness (QED) is 0.661. The molecular weight excluding hydrogens is 320 g/mol. The number of aromatic nitrogens is 1. The van der Waals surface area contributed by atoms with Gasteiger partial charge in [0.2, 0.25) is 5.91 Å². The van der Waals surface area contributed by atoms with Crippen LogP contribution in [0.2, 0.25) is 0 Å². The topological polar surface area (TPSA) is 51.2 Å². The zero-order valence-corrected chi connectivity index (χ0v) is 14.7. The molecule has 0 radical (unpaired) electrons. The maximum Gasteiger partial charge on any atom is 0.226 e. The molecule has 0 aliphatic carbocycles. The van der Waals surface area contributed by atoms with Crippen molar-refractivity contribution in [3.8, 4) is 5.75 Å². The van der Waals surface area contributed by atoms with Crippen LogP contribution in [0.5, 0.6) is 5.75 Å². The van der Waals surface area contributed by atoms with Crippen LogP contribution in [0, 0.1) is 13.8 Å². The molecule has 0 atom stereocenters. The number of hydrogen-bond acceptors (Lipinski definition) is 4. The van der Waals surface area contributed by atoms with E-state index in [1.807, 2.05) is 30.3 Å². The van der Waals surface area contributed by atoms with E-state index >= 15 is 0 Å². The largest absolute Gasteiger partial charge is 0.494 e. The van der Waals surface area contributed by atoms with Gasteiger partial charge < -0.3 is 10.1 Å². The third-order valence-electron chi connectivity index (χ3n) is 3.89. The molecule has 3 aromatic rings. The lowest BCUT2D eigenvalue weighted by molar-refractivity contribution is -0.116. The van der Waals surface area contributed by atoms with Crippen LogP contribution in [0.15, 0.2) is 42.5 Å². The lowest BCUT2D eigenvalue weighted by Crippen LogP contribution is -2.12. The molecule has 1 heterocycles. The molecule has 3 rings (SSSR count).